The fourth-order valence-corrected chi connectivity index (χ4v) is 3.37. The first-order valence-corrected chi connectivity index (χ1v) is 7.44. The molecule has 0 aliphatic rings. The molecule has 5 heteroatoms. The van der Waals surface area contributed by atoms with Crippen molar-refractivity contribution >= 4 is 11.8 Å². The van der Waals surface area contributed by atoms with Gasteiger partial charge in [0.2, 0.25) is 0 Å². The molecule has 0 aliphatic heterocycles. The Morgan fingerprint density at radius 3 is 2.45 bits per heavy atom. The third-order valence-electron chi connectivity index (χ3n) is 2.78. The number of hydrogen-bond donors (Lipinski definition) is 1. The quantitative estimate of drug-likeness (QED) is 0.803. The van der Waals surface area contributed by atoms with E-state index in [1.165, 1.54) is 17.8 Å². The van der Waals surface area contributed by atoms with Gasteiger partial charge in [0.25, 0.3) is 0 Å². The SMILES string of the molecule is CC(C)NC(C)(C#N)CC(C)Sc1ccc(F)c(F)c1. The number of thioether (sulfide) groups is 1. The lowest BCUT2D eigenvalue weighted by atomic mass is 9.97. The summed E-state index contributed by atoms with van der Waals surface area (Å²) in [6, 6.07) is 6.37. The molecule has 0 radical (unpaired) electrons. The Morgan fingerprint density at radius 2 is 1.95 bits per heavy atom. The van der Waals surface area contributed by atoms with E-state index in [1.54, 1.807) is 6.07 Å². The van der Waals surface area contributed by atoms with Gasteiger partial charge in [0.1, 0.15) is 5.54 Å². The molecule has 0 bridgehead atoms. The number of halogens is 2. The van der Waals surface area contributed by atoms with Crippen molar-refractivity contribution in [1.82, 2.24) is 5.32 Å². The highest BCUT2D eigenvalue weighted by Crippen LogP contribution is 2.29. The molecule has 1 aromatic carbocycles. The molecule has 1 aromatic rings. The molecule has 0 aliphatic carbocycles. The zero-order valence-corrected chi connectivity index (χ0v) is 13.0. The second-order valence-corrected chi connectivity index (χ2v) is 6.96. The summed E-state index contributed by atoms with van der Waals surface area (Å²) in [4.78, 5) is 0.668. The van der Waals surface area contributed by atoms with Crippen molar-refractivity contribution in [2.45, 2.75) is 55.8 Å². The van der Waals surface area contributed by atoms with Crippen LogP contribution in [0.2, 0.25) is 0 Å². The number of nitrogens with one attached hydrogen (secondary N) is 1. The van der Waals surface area contributed by atoms with E-state index in [0.29, 0.717) is 11.3 Å². The van der Waals surface area contributed by atoms with Crippen molar-refractivity contribution in [3.05, 3.63) is 29.8 Å². The number of benzene rings is 1. The van der Waals surface area contributed by atoms with Gasteiger partial charge >= 0.3 is 0 Å². The van der Waals surface area contributed by atoms with Crippen molar-refractivity contribution in [2.24, 2.45) is 0 Å². The molecule has 0 amide bonds. The van der Waals surface area contributed by atoms with Crippen LogP contribution in [-0.2, 0) is 0 Å². The van der Waals surface area contributed by atoms with E-state index in [2.05, 4.69) is 11.4 Å². The first-order valence-electron chi connectivity index (χ1n) is 6.56. The second-order valence-electron chi connectivity index (χ2n) is 5.45. The average Bonchev–Trinajstić information content (AvgIpc) is 2.32. The molecule has 1 rings (SSSR count). The maximum Gasteiger partial charge on any atom is 0.159 e. The first kappa shape index (κ1) is 16.9. The largest absolute Gasteiger partial charge is 0.297 e. The summed E-state index contributed by atoms with van der Waals surface area (Å²) in [6.07, 6.45) is 0.616. The Morgan fingerprint density at radius 1 is 1.30 bits per heavy atom. The van der Waals surface area contributed by atoms with E-state index < -0.39 is 17.2 Å². The standard InChI is InChI=1S/C15H20F2N2S/c1-10(2)19-15(4,9-18)8-11(3)20-12-5-6-13(16)14(17)7-12/h5-7,10-11,19H,8H2,1-4H3. The minimum atomic E-state index is -0.842. The normalized spacial score (nSPS) is 15.7. The summed E-state index contributed by atoms with van der Waals surface area (Å²) in [5.74, 6) is -1.68. The van der Waals surface area contributed by atoms with Crippen LogP contribution < -0.4 is 5.32 Å². The van der Waals surface area contributed by atoms with Crippen molar-refractivity contribution in [3.8, 4) is 6.07 Å². The summed E-state index contributed by atoms with van der Waals surface area (Å²) < 4.78 is 26.0. The minimum absolute atomic E-state index is 0.107. The Bertz CT molecular complexity index is 499. The average molecular weight is 298 g/mol. The third-order valence-corrected chi connectivity index (χ3v) is 3.87. The second kappa shape index (κ2) is 7.05. The lowest BCUT2D eigenvalue weighted by Crippen LogP contribution is -2.46. The van der Waals surface area contributed by atoms with Crippen LogP contribution in [0, 0.1) is 23.0 Å². The highest BCUT2D eigenvalue weighted by atomic mass is 32.2. The number of nitriles is 1. The zero-order chi connectivity index (χ0) is 15.3. The van der Waals surface area contributed by atoms with Crippen molar-refractivity contribution in [3.63, 3.8) is 0 Å². The van der Waals surface area contributed by atoms with Crippen molar-refractivity contribution < 1.29 is 8.78 Å². The monoisotopic (exact) mass is 298 g/mol. The minimum Gasteiger partial charge on any atom is -0.297 e. The Labute approximate surface area is 123 Å². The number of hydrogen-bond acceptors (Lipinski definition) is 3. The molecule has 2 unspecified atom stereocenters. The van der Waals surface area contributed by atoms with E-state index in [1.807, 2.05) is 27.7 Å². The molecule has 20 heavy (non-hydrogen) atoms. The Balaban J connectivity index is 2.69. The molecule has 110 valence electrons. The fourth-order valence-electron chi connectivity index (χ4n) is 2.17. The molecule has 0 fully saturated rings. The predicted molar refractivity (Wildman–Crippen MR) is 78.6 cm³/mol. The smallest absolute Gasteiger partial charge is 0.159 e. The van der Waals surface area contributed by atoms with E-state index in [0.717, 1.165) is 6.07 Å². The van der Waals surface area contributed by atoms with E-state index >= 15 is 0 Å². The van der Waals surface area contributed by atoms with Gasteiger partial charge in [0.15, 0.2) is 11.6 Å². The van der Waals surface area contributed by atoms with Crippen LogP contribution in [0.1, 0.15) is 34.1 Å². The van der Waals surface area contributed by atoms with Crippen LogP contribution in [0.15, 0.2) is 23.1 Å². The van der Waals surface area contributed by atoms with Crippen molar-refractivity contribution in [2.75, 3.05) is 0 Å². The lowest BCUT2D eigenvalue weighted by molar-refractivity contribution is 0.382. The highest BCUT2D eigenvalue weighted by molar-refractivity contribution is 7.99. The molecule has 0 saturated carbocycles. The molecule has 0 heterocycles. The van der Waals surface area contributed by atoms with Crippen LogP contribution >= 0.6 is 11.8 Å². The van der Waals surface area contributed by atoms with Gasteiger partial charge in [0, 0.05) is 16.2 Å². The maximum atomic E-state index is 13.2. The topological polar surface area (TPSA) is 35.8 Å². The molecule has 2 nitrogen and oxygen atoms in total. The van der Waals surface area contributed by atoms with Gasteiger partial charge in [0.05, 0.1) is 6.07 Å². The lowest BCUT2D eigenvalue weighted by Gasteiger charge is -2.28. The van der Waals surface area contributed by atoms with Crippen LogP contribution in [0.3, 0.4) is 0 Å². The van der Waals surface area contributed by atoms with Gasteiger partial charge in [-0.1, -0.05) is 6.92 Å². The number of rotatable bonds is 6. The van der Waals surface area contributed by atoms with Gasteiger partial charge in [-0.2, -0.15) is 5.26 Å². The first-order chi connectivity index (χ1) is 9.25. The van der Waals surface area contributed by atoms with Crippen LogP contribution in [0.4, 0.5) is 8.78 Å². The molecular formula is C15H20F2N2S. The Kier molecular flexibility index (Phi) is 5.97. The summed E-state index contributed by atoms with van der Waals surface area (Å²) >= 11 is 1.44. The van der Waals surface area contributed by atoms with Gasteiger partial charge in [-0.25, -0.2) is 8.78 Å². The molecule has 0 aromatic heterocycles. The van der Waals surface area contributed by atoms with E-state index in [-0.39, 0.29) is 11.3 Å². The van der Waals surface area contributed by atoms with Gasteiger partial charge in [-0.3, -0.25) is 5.32 Å². The molecule has 0 saturated heterocycles. The van der Waals surface area contributed by atoms with Gasteiger partial charge in [-0.05, 0) is 45.4 Å². The zero-order valence-electron chi connectivity index (χ0n) is 12.2. The molecule has 1 N–H and O–H groups in total. The molecule has 2 atom stereocenters. The summed E-state index contributed by atoms with van der Waals surface area (Å²) in [6.45, 7) is 7.81. The number of nitrogens with zero attached hydrogens (tertiary/aromatic N) is 1. The van der Waals surface area contributed by atoms with Gasteiger partial charge < -0.3 is 0 Å². The fraction of sp³-hybridized carbons (Fsp3) is 0.533. The highest BCUT2D eigenvalue weighted by Gasteiger charge is 2.27. The predicted octanol–water partition coefficient (Wildman–Crippen LogP) is 4.12. The summed E-state index contributed by atoms with van der Waals surface area (Å²) in [5, 5.41) is 12.6. The summed E-state index contributed by atoms with van der Waals surface area (Å²) in [7, 11) is 0. The summed E-state index contributed by atoms with van der Waals surface area (Å²) in [5.41, 5.74) is -0.626. The van der Waals surface area contributed by atoms with Crippen molar-refractivity contribution in [1.29, 1.82) is 5.26 Å². The van der Waals surface area contributed by atoms with Crippen LogP contribution in [0.5, 0.6) is 0 Å². The van der Waals surface area contributed by atoms with Crippen LogP contribution in [0.25, 0.3) is 0 Å². The molecule has 0 spiro atoms. The Hall–Kier alpha value is -1.12. The van der Waals surface area contributed by atoms with Crippen LogP contribution in [-0.4, -0.2) is 16.8 Å². The molecular weight excluding hydrogens is 278 g/mol. The van der Waals surface area contributed by atoms with Gasteiger partial charge in [-0.15, -0.1) is 11.8 Å². The maximum absolute atomic E-state index is 13.2. The van der Waals surface area contributed by atoms with E-state index in [9.17, 15) is 14.0 Å². The van der Waals surface area contributed by atoms with E-state index in [4.69, 9.17) is 0 Å². The third kappa shape index (κ3) is 5.10.